The molecule has 0 amide bonds. The zero-order chi connectivity index (χ0) is 17.6. The van der Waals surface area contributed by atoms with Gasteiger partial charge in [-0.15, -0.1) is 0 Å². The van der Waals surface area contributed by atoms with Crippen LogP contribution in [0, 0.1) is 13.8 Å². The highest BCUT2D eigenvalue weighted by atomic mass is 79.9. The molecule has 0 saturated heterocycles. The van der Waals surface area contributed by atoms with Gasteiger partial charge in [0.2, 0.25) is 0 Å². The molecule has 1 aromatic carbocycles. The molecule has 4 aromatic rings. The Morgan fingerprint density at radius 2 is 1.76 bits per heavy atom. The second-order valence-corrected chi connectivity index (χ2v) is 7.01. The number of nitrogens with zero attached hydrogens (tertiary/aromatic N) is 5. The Labute approximate surface area is 154 Å². The maximum Gasteiger partial charge on any atom is 0.129 e. The Kier molecular flexibility index (Phi) is 4.00. The van der Waals surface area contributed by atoms with Crippen LogP contribution in [-0.4, -0.2) is 24.5 Å². The van der Waals surface area contributed by atoms with Crippen LogP contribution in [0.1, 0.15) is 23.0 Å². The van der Waals surface area contributed by atoms with Crippen molar-refractivity contribution in [3.05, 3.63) is 58.0 Å². The number of hydrogen-bond donors (Lipinski definition) is 0. The molecule has 25 heavy (non-hydrogen) atoms. The molecule has 0 fully saturated rings. The Morgan fingerprint density at radius 1 is 1.00 bits per heavy atom. The molecule has 126 valence electrons. The van der Waals surface area contributed by atoms with E-state index in [1.807, 2.05) is 32.2 Å². The molecule has 0 atom stereocenters. The fraction of sp³-hybridized carbons (Fsp3) is 0.263. The van der Waals surface area contributed by atoms with Crippen LogP contribution < -0.4 is 0 Å². The molecule has 0 aliphatic heterocycles. The number of pyridine rings is 1. The van der Waals surface area contributed by atoms with Crippen LogP contribution >= 0.6 is 15.9 Å². The lowest BCUT2D eigenvalue weighted by Gasteiger charge is -2.06. The van der Waals surface area contributed by atoms with Gasteiger partial charge in [0.05, 0.1) is 32.4 Å². The molecule has 5 nitrogen and oxygen atoms in total. The van der Waals surface area contributed by atoms with Crippen molar-refractivity contribution in [1.29, 1.82) is 0 Å². The normalized spacial score (nSPS) is 11.5. The fourth-order valence-electron chi connectivity index (χ4n) is 3.19. The number of benzene rings is 1. The van der Waals surface area contributed by atoms with E-state index in [1.165, 1.54) is 0 Å². The van der Waals surface area contributed by atoms with Gasteiger partial charge in [-0.25, -0.2) is 15.0 Å². The third kappa shape index (κ3) is 2.80. The third-order valence-electron chi connectivity index (χ3n) is 4.53. The fourth-order valence-corrected chi connectivity index (χ4v) is 3.37. The SMILES string of the molecule is Cc1nc(CCc2nc3c4cccnc4ccc3n2C)nc(C)c1Br. The highest BCUT2D eigenvalue weighted by Gasteiger charge is 2.12. The monoisotopic (exact) mass is 395 g/mol. The minimum atomic E-state index is 0.766. The Morgan fingerprint density at radius 3 is 2.52 bits per heavy atom. The molecule has 3 aromatic heterocycles. The quantitative estimate of drug-likeness (QED) is 0.524. The van der Waals surface area contributed by atoms with E-state index in [-0.39, 0.29) is 0 Å². The molecular weight excluding hydrogens is 378 g/mol. The molecule has 0 saturated carbocycles. The van der Waals surface area contributed by atoms with Crippen LogP contribution in [-0.2, 0) is 19.9 Å². The van der Waals surface area contributed by atoms with Crippen molar-refractivity contribution in [3.63, 3.8) is 0 Å². The third-order valence-corrected chi connectivity index (χ3v) is 5.67. The van der Waals surface area contributed by atoms with Crippen LogP contribution in [0.4, 0.5) is 0 Å². The van der Waals surface area contributed by atoms with Gasteiger partial charge in [0.1, 0.15) is 11.6 Å². The second kappa shape index (κ2) is 6.19. The van der Waals surface area contributed by atoms with Crippen molar-refractivity contribution in [1.82, 2.24) is 24.5 Å². The van der Waals surface area contributed by atoms with Crippen LogP contribution in [0.3, 0.4) is 0 Å². The predicted molar refractivity (Wildman–Crippen MR) is 103 cm³/mol. The van der Waals surface area contributed by atoms with E-state index >= 15 is 0 Å². The van der Waals surface area contributed by atoms with Gasteiger partial charge in [-0.1, -0.05) is 0 Å². The number of imidazole rings is 1. The first-order valence-corrected chi connectivity index (χ1v) is 9.02. The summed E-state index contributed by atoms with van der Waals surface area (Å²) in [5.74, 6) is 1.89. The van der Waals surface area contributed by atoms with Crippen molar-refractivity contribution in [2.45, 2.75) is 26.7 Å². The summed E-state index contributed by atoms with van der Waals surface area (Å²) in [6.07, 6.45) is 3.38. The van der Waals surface area contributed by atoms with Crippen molar-refractivity contribution in [2.75, 3.05) is 0 Å². The van der Waals surface area contributed by atoms with Crippen LogP contribution in [0.15, 0.2) is 34.9 Å². The molecule has 0 aliphatic carbocycles. The van der Waals surface area contributed by atoms with Gasteiger partial charge in [0, 0.05) is 31.5 Å². The van der Waals surface area contributed by atoms with Gasteiger partial charge < -0.3 is 4.57 Å². The van der Waals surface area contributed by atoms with Gasteiger partial charge in [0.15, 0.2) is 0 Å². The molecule has 6 heteroatoms. The van der Waals surface area contributed by atoms with E-state index < -0.39 is 0 Å². The molecular formula is C19H18BrN5. The summed E-state index contributed by atoms with van der Waals surface area (Å²) in [6, 6.07) is 8.17. The lowest BCUT2D eigenvalue weighted by Crippen LogP contribution is -2.05. The predicted octanol–water partition coefficient (Wildman–Crippen LogP) is 4.08. The summed E-state index contributed by atoms with van der Waals surface area (Å²) in [7, 11) is 2.06. The molecule has 0 bridgehead atoms. The summed E-state index contributed by atoms with van der Waals surface area (Å²) in [5, 5.41) is 1.09. The molecule has 4 rings (SSSR count). The van der Waals surface area contributed by atoms with E-state index in [2.05, 4.69) is 54.6 Å². The lowest BCUT2D eigenvalue weighted by atomic mass is 10.2. The minimum absolute atomic E-state index is 0.766. The number of aromatic nitrogens is 5. The molecule has 0 spiro atoms. The zero-order valence-electron chi connectivity index (χ0n) is 14.4. The highest BCUT2D eigenvalue weighted by molar-refractivity contribution is 9.10. The first-order valence-electron chi connectivity index (χ1n) is 8.23. The number of halogens is 1. The molecule has 0 N–H and O–H groups in total. The Hall–Kier alpha value is -2.34. The summed E-state index contributed by atoms with van der Waals surface area (Å²) < 4.78 is 3.14. The second-order valence-electron chi connectivity index (χ2n) is 6.22. The average Bonchev–Trinajstić information content (AvgIpc) is 2.94. The molecule has 3 heterocycles. The number of hydrogen-bond acceptors (Lipinski definition) is 4. The van der Waals surface area contributed by atoms with E-state index in [0.29, 0.717) is 0 Å². The summed E-state index contributed by atoms with van der Waals surface area (Å²) >= 11 is 3.52. The number of rotatable bonds is 3. The van der Waals surface area contributed by atoms with Crippen molar-refractivity contribution < 1.29 is 0 Å². The summed E-state index contributed by atoms with van der Waals surface area (Å²) in [5.41, 5.74) is 5.06. The standard InChI is InChI=1S/C19H18BrN5/c1-11-18(20)12(2)23-16(22-11)8-9-17-24-19-13-5-4-10-21-14(13)6-7-15(19)25(17)3/h4-7,10H,8-9H2,1-3H3. The van der Waals surface area contributed by atoms with Gasteiger partial charge in [-0.3, -0.25) is 4.98 Å². The lowest BCUT2D eigenvalue weighted by molar-refractivity contribution is 0.751. The van der Waals surface area contributed by atoms with Crippen LogP contribution in [0.5, 0.6) is 0 Å². The maximum absolute atomic E-state index is 4.88. The topological polar surface area (TPSA) is 56.5 Å². The van der Waals surface area contributed by atoms with Crippen LogP contribution in [0.25, 0.3) is 21.9 Å². The van der Waals surface area contributed by atoms with Crippen molar-refractivity contribution in [2.24, 2.45) is 7.05 Å². The minimum Gasteiger partial charge on any atom is -0.331 e. The first kappa shape index (κ1) is 16.1. The van der Waals surface area contributed by atoms with Crippen molar-refractivity contribution in [3.8, 4) is 0 Å². The summed E-state index contributed by atoms with van der Waals surface area (Å²) in [6.45, 7) is 3.99. The number of fused-ring (bicyclic) bond motifs is 3. The Bertz CT molecular complexity index is 1080. The van der Waals surface area contributed by atoms with Gasteiger partial charge in [0.25, 0.3) is 0 Å². The van der Waals surface area contributed by atoms with E-state index in [9.17, 15) is 0 Å². The number of aryl methyl sites for hydroxylation is 5. The van der Waals surface area contributed by atoms with Crippen molar-refractivity contribution >= 4 is 37.9 Å². The van der Waals surface area contributed by atoms with E-state index in [4.69, 9.17) is 4.98 Å². The van der Waals surface area contributed by atoms with Gasteiger partial charge in [-0.05, 0) is 54.0 Å². The van der Waals surface area contributed by atoms with E-state index in [0.717, 1.165) is 62.3 Å². The highest BCUT2D eigenvalue weighted by Crippen LogP contribution is 2.24. The first-order chi connectivity index (χ1) is 12.0. The van der Waals surface area contributed by atoms with Gasteiger partial charge in [-0.2, -0.15) is 0 Å². The molecule has 0 radical (unpaired) electrons. The summed E-state index contributed by atoms with van der Waals surface area (Å²) in [4.78, 5) is 18.4. The molecule has 0 aliphatic rings. The maximum atomic E-state index is 4.88. The molecule has 0 unspecified atom stereocenters. The zero-order valence-corrected chi connectivity index (χ0v) is 16.0. The van der Waals surface area contributed by atoms with Gasteiger partial charge >= 0.3 is 0 Å². The van der Waals surface area contributed by atoms with E-state index in [1.54, 1.807) is 0 Å². The van der Waals surface area contributed by atoms with Crippen LogP contribution in [0.2, 0.25) is 0 Å². The largest absolute Gasteiger partial charge is 0.331 e. The average molecular weight is 396 g/mol. The smallest absolute Gasteiger partial charge is 0.129 e. The Balaban J connectivity index is 1.70.